The molecule has 1 aromatic carbocycles. The van der Waals surface area contributed by atoms with Gasteiger partial charge in [-0.2, -0.15) is 16.2 Å². The Morgan fingerprint density at radius 1 is 1.58 bits per heavy atom. The molecule has 0 spiro atoms. The van der Waals surface area contributed by atoms with E-state index in [4.69, 9.17) is 0 Å². The molecular weight excluding hydrogens is 267 g/mol. The van der Waals surface area contributed by atoms with Crippen LogP contribution in [0.15, 0.2) is 18.2 Å². The molecule has 1 aromatic rings. The van der Waals surface area contributed by atoms with Crippen molar-refractivity contribution in [1.82, 2.24) is 4.90 Å². The molecule has 1 heterocycles. The van der Waals surface area contributed by atoms with Crippen LogP contribution < -0.4 is 0 Å². The minimum absolute atomic E-state index is 0.454. The van der Waals surface area contributed by atoms with E-state index in [0.717, 1.165) is 30.8 Å². The lowest BCUT2D eigenvalue weighted by molar-refractivity contribution is -0.387. The van der Waals surface area contributed by atoms with E-state index in [-0.39, 0.29) is 0 Å². The summed E-state index contributed by atoms with van der Waals surface area (Å²) in [6.07, 6.45) is 1.13. The van der Waals surface area contributed by atoms with Crippen molar-refractivity contribution in [3.63, 3.8) is 0 Å². The predicted octanol–water partition coefficient (Wildman–Crippen LogP) is 3.06. The summed E-state index contributed by atoms with van der Waals surface area (Å²) in [5.41, 5.74) is 0.342. The van der Waals surface area contributed by atoms with Crippen LogP contribution in [0.3, 0.4) is 0 Å². The van der Waals surface area contributed by atoms with Crippen molar-refractivity contribution in [1.29, 1.82) is 0 Å². The van der Waals surface area contributed by atoms with Gasteiger partial charge in [-0.15, -0.1) is 0 Å². The minimum Gasteiger partial charge on any atom is -0.297 e. The fourth-order valence-corrected chi connectivity index (χ4v) is 3.47. The highest BCUT2D eigenvalue weighted by Crippen LogP contribution is 2.24. The third-order valence-electron chi connectivity index (χ3n) is 3.29. The summed E-state index contributed by atoms with van der Waals surface area (Å²) < 4.78 is 13.5. The molecule has 0 amide bonds. The molecule has 19 heavy (non-hydrogen) atoms. The number of thioether (sulfide) groups is 1. The molecular formula is C13H17FN2O2S. The fourth-order valence-electron chi connectivity index (χ4n) is 2.23. The van der Waals surface area contributed by atoms with Gasteiger partial charge in [0.15, 0.2) is 0 Å². The van der Waals surface area contributed by atoms with Crippen molar-refractivity contribution in [2.75, 3.05) is 18.8 Å². The van der Waals surface area contributed by atoms with Gasteiger partial charge in [-0.3, -0.25) is 15.0 Å². The average Bonchev–Trinajstić information content (AvgIpc) is 2.38. The number of halogens is 1. The lowest BCUT2D eigenvalue weighted by atomic mass is 10.1. The van der Waals surface area contributed by atoms with Gasteiger partial charge in [0.2, 0.25) is 5.82 Å². The standard InChI is InChI=1S/C13H17FN2O2S/c1-2-11-9-15(5-6-19-11)8-10-3-4-13(16(17)18)12(14)7-10/h3-4,7,11H,2,5-6,8-9H2,1H3. The number of rotatable bonds is 4. The van der Waals surface area contributed by atoms with E-state index in [0.29, 0.717) is 11.8 Å². The highest BCUT2D eigenvalue weighted by Gasteiger charge is 2.20. The normalized spacial score (nSPS) is 20.4. The van der Waals surface area contributed by atoms with E-state index in [1.807, 2.05) is 11.8 Å². The highest BCUT2D eigenvalue weighted by atomic mass is 32.2. The Hall–Kier alpha value is -1.14. The second-order valence-electron chi connectivity index (χ2n) is 4.68. The SMILES string of the molecule is CCC1CN(Cc2ccc([N+](=O)[O-])c(F)c2)CCS1. The van der Waals surface area contributed by atoms with Crippen LogP contribution in [0.2, 0.25) is 0 Å². The highest BCUT2D eigenvalue weighted by molar-refractivity contribution is 8.00. The predicted molar refractivity (Wildman–Crippen MR) is 74.9 cm³/mol. The zero-order valence-corrected chi connectivity index (χ0v) is 11.7. The maximum Gasteiger partial charge on any atom is 0.304 e. The topological polar surface area (TPSA) is 46.4 Å². The maximum absolute atomic E-state index is 13.5. The molecule has 0 saturated carbocycles. The number of nitro groups is 1. The summed E-state index contributed by atoms with van der Waals surface area (Å²) in [6, 6.07) is 4.17. The number of nitro benzene ring substituents is 1. The summed E-state index contributed by atoms with van der Waals surface area (Å²) in [7, 11) is 0. The summed E-state index contributed by atoms with van der Waals surface area (Å²) in [5.74, 6) is 0.342. The zero-order chi connectivity index (χ0) is 13.8. The first kappa shape index (κ1) is 14.3. The second kappa shape index (κ2) is 6.34. The summed E-state index contributed by atoms with van der Waals surface area (Å²) >= 11 is 1.98. The molecule has 2 rings (SSSR count). The molecule has 1 saturated heterocycles. The summed E-state index contributed by atoms with van der Waals surface area (Å²) in [5, 5.41) is 11.2. The molecule has 1 fully saturated rings. The first-order chi connectivity index (χ1) is 9.10. The Morgan fingerprint density at radius 3 is 3.00 bits per heavy atom. The first-order valence-electron chi connectivity index (χ1n) is 6.37. The van der Waals surface area contributed by atoms with Crippen molar-refractivity contribution < 1.29 is 9.31 Å². The van der Waals surface area contributed by atoms with Gasteiger partial charge in [0.1, 0.15) is 0 Å². The average molecular weight is 284 g/mol. The molecule has 4 nitrogen and oxygen atoms in total. The molecule has 0 aliphatic carbocycles. The van der Waals surface area contributed by atoms with E-state index in [9.17, 15) is 14.5 Å². The van der Waals surface area contributed by atoms with Gasteiger partial charge in [-0.25, -0.2) is 0 Å². The first-order valence-corrected chi connectivity index (χ1v) is 7.41. The number of hydrogen-bond donors (Lipinski definition) is 0. The summed E-state index contributed by atoms with van der Waals surface area (Å²) in [6.45, 7) is 4.82. The van der Waals surface area contributed by atoms with Gasteiger partial charge in [0, 0.05) is 36.7 Å². The lowest BCUT2D eigenvalue weighted by Gasteiger charge is -2.31. The third-order valence-corrected chi connectivity index (χ3v) is 4.67. The van der Waals surface area contributed by atoms with Crippen molar-refractivity contribution in [2.24, 2.45) is 0 Å². The van der Waals surface area contributed by atoms with Crippen molar-refractivity contribution in [3.8, 4) is 0 Å². The van der Waals surface area contributed by atoms with Crippen LogP contribution in [0.1, 0.15) is 18.9 Å². The lowest BCUT2D eigenvalue weighted by Crippen LogP contribution is -2.37. The molecule has 104 valence electrons. The molecule has 1 aliphatic rings. The largest absolute Gasteiger partial charge is 0.304 e. The number of nitrogens with zero attached hydrogens (tertiary/aromatic N) is 2. The number of benzene rings is 1. The minimum atomic E-state index is -0.749. The van der Waals surface area contributed by atoms with E-state index >= 15 is 0 Å². The van der Waals surface area contributed by atoms with E-state index in [2.05, 4.69) is 11.8 Å². The van der Waals surface area contributed by atoms with Crippen LogP contribution in [0.5, 0.6) is 0 Å². The van der Waals surface area contributed by atoms with Crippen molar-refractivity contribution in [2.45, 2.75) is 25.1 Å². The molecule has 1 atom stereocenters. The van der Waals surface area contributed by atoms with E-state index < -0.39 is 16.4 Å². The van der Waals surface area contributed by atoms with Crippen LogP contribution in [-0.2, 0) is 6.54 Å². The Bertz CT molecular complexity index is 470. The molecule has 0 radical (unpaired) electrons. The quantitative estimate of drug-likeness (QED) is 0.629. The van der Waals surface area contributed by atoms with Crippen LogP contribution in [-0.4, -0.2) is 33.9 Å². The molecule has 1 aliphatic heterocycles. The van der Waals surface area contributed by atoms with Gasteiger partial charge >= 0.3 is 5.69 Å². The smallest absolute Gasteiger partial charge is 0.297 e. The Balaban J connectivity index is 2.03. The molecule has 6 heteroatoms. The Kier molecular flexibility index (Phi) is 4.76. The van der Waals surface area contributed by atoms with Crippen LogP contribution in [0, 0.1) is 15.9 Å². The monoisotopic (exact) mass is 284 g/mol. The van der Waals surface area contributed by atoms with E-state index in [1.165, 1.54) is 12.1 Å². The van der Waals surface area contributed by atoms with Gasteiger partial charge in [-0.05, 0) is 18.1 Å². The van der Waals surface area contributed by atoms with Crippen LogP contribution in [0.4, 0.5) is 10.1 Å². The fraction of sp³-hybridized carbons (Fsp3) is 0.538. The summed E-state index contributed by atoms with van der Waals surface area (Å²) in [4.78, 5) is 12.1. The zero-order valence-electron chi connectivity index (χ0n) is 10.8. The molecule has 0 aromatic heterocycles. The van der Waals surface area contributed by atoms with Crippen LogP contribution >= 0.6 is 11.8 Å². The number of hydrogen-bond acceptors (Lipinski definition) is 4. The Labute approximate surface area is 116 Å². The molecule has 0 bridgehead atoms. The van der Waals surface area contributed by atoms with Gasteiger partial charge < -0.3 is 0 Å². The van der Waals surface area contributed by atoms with Crippen LogP contribution in [0.25, 0.3) is 0 Å². The second-order valence-corrected chi connectivity index (χ2v) is 6.09. The van der Waals surface area contributed by atoms with Gasteiger partial charge in [-0.1, -0.05) is 13.0 Å². The maximum atomic E-state index is 13.5. The van der Waals surface area contributed by atoms with E-state index in [1.54, 1.807) is 6.07 Å². The van der Waals surface area contributed by atoms with Crippen molar-refractivity contribution >= 4 is 17.4 Å². The van der Waals surface area contributed by atoms with Gasteiger partial charge in [0.05, 0.1) is 4.92 Å². The third kappa shape index (κ3) is 3.67. The molecule has 1 unspecified atom stereocenters. The Morgan fingerprint density at radius 2 is 2.37 bits per heavy atom. The van der Waals surface area contributed by atoms with Gasteiger partial charge in [0.25, 0.3) is 0 Å². The van der Waals surface area contributed by atoms with Crippen molar-refractivity contribution in [3.05, 3.63) is 39.7 Å². The molecule has 0 N–H and O–H groups in total.